The van der Waals surface area contributed by atoms with Crippen LogP contribution < -0.4 is 0 Å². The maximum atomic E-state index is 12.9. The minimum atomic E-state index is -1.13. The molecule has 0 radical (unpaired) electrons. The Balaban J connectivity index is 1.68. The molecule has 29 heavy (non-hydrogen) atoms. The predicted molar refractivity (Wildman–Crippen MR) is 113 cm³/mol. The van der Waals surface area contributed by atoms with Gasteiger partial charge in [-0.3, -0.25) is 9.59 Å². The molecule has 0 spiro atoms. The summed E-state index contributed by atoms with van der Waals surface area (Å²) < 4.78 is 5.54. The van der Waals surface area contributed by atoms with E-state index in [0.29, 0.717) is 24.4 Å². The first-order valence-electron chi connectivity index (χ1n) is 9.60. The van der Waals surface area contributed by atoms with Crippen LogP contribution in [0.2, 0.25) is 0 Å². The fraction of sp³-hybridized carbons (Fsp3) is 0.391. The molecule has 0 aliphatic carbocycles. The van der Waals surface area contributed by atoms with Gasteiger partial charge in [-0.15, -0.1) is 11.8 Å². The Morgan fingerprint density at radius 3 is 2.59 bits per heavy atom. The van der Waals surface area contributed by atoms with E-state index >= 15 is 0 Å². The van der Waals surface area contributed by atoms with Crippen molar-refractivity contribution in [1.82, 2.24) is 4.90 Å². The zero-order chi connectivity index (χ0) is 21.0. The van der Waals surface area contributed by atoms with Crippen molar-refractivity contribution in [2.75, 3.05) is 19.3 Å². The molecule has 1 fully saturated rings. The maximum Gasteiger partial charge on any atom is 0.289 e. The van der Waals surface area contributed by atoms with Crippen LogP contribution in [0, 0.1) is 17.8 Å². The quantitative estimate of drug-likeness (QED) is 0.470. The molecule has 0 bridgehead atoms. The Labute approximate surface area is 175 Å². The van der Waals surface area contributed by atoms with Crippen molar-refractivity contribution >= 4 is 23.5 Å². The van der Waals surface area contributed by atoms with Gasteiger partial charge in [0.25, 0.3) is 5.91 Å². The number of hydrogen-bond acceptors (Lipinski definition) is 5. The number of carbonyl (C=O) groups is 2. The van der Waals surface area contributed by atoms with E-state index in [0.717, 1.165) is 17.7 Å². The number of likely N-dealkylation sites (tertiary alicyclic amines) is 1. The van der Waals surface area contributed by atoms with Gasteiger partial charge in [-0.1, -0.05) is 18.1 Å². The largest absolute Gasteiger partial charge is 0.443 e. The molecule has 2 heterocycles. The number of ketones is 1. The standard InChI is InChI=1S/C23H25NO4S/c1-23(2,27)13-12-18-8-11-20(28-18)22(26)24-14-4-5-17(15-24)21(25)16-6-9-19(29-3)10-7-16/h6-11,17,27H,4-5,14-15H2,1-3H3. The second kappa shape index (κ2) is 8.89. The summed E-state index contributed by atoms with van der Waals surface area (Å²) in [7, 11) is 0. The summed E-state index contributed by atoms with van der Waals surface area (Å²) in [5.74, 6) is 5.54. The molecule has 1 aromatic heterocycles. The monoisotopic (exact) mass is 411 g/mol. The minimum Gasteiger partial charge on any atom is -0.443 e. The SMILES string of the molecule is CSc1ccc(C(=O)C2CCCN(C(=O)c3ccc(C#CC(C)(C)O)o3)C2)cc1. The Morgan fingerprint density at radius 1 is 1.21 bits per heavy atom. The highest BCUT2D eigenvalue weighted by Gasteiger charge is 2.30. The molecule has 1 aliphatic heterocycles. The van der Waals surface area contributed by atoms with E-state index in [4.69, 9.17) is 4.42 Å². The van der Waals surface area contributed by atoms with Crippen molar-refractivity contribution in [3.8, 4) is 11.8 Å². The van der Waals surface area contributed by atoms with Crippen LogP contribution in [0.25, 0.3) is 0 Å². The highest BCUT2D eigenvalue weighted by atomic mass is 32.2. The molecule has 1 saturated heterocycles. The number of hydrogen-bond donors (Lipinski definition) is 1. The smallest absolute Gasteiger partial charge is 0.289 e. The lowest BCUT2D eigenvalue weighted by atomic mass is 9.90. The first-order chi connectivity index (χ1) is 13.8. The number of furan rings is 1. The van der Waals surface area contributed by atoms with E-state index in [1.165, 1.54) is 0 Å². The lowest BCUT2D eigenvalue weighted by Crippen LogP contribution is -2.42. The van der Waals surface area contributed by atoms with Gasteiger partial charge in [0.05, 0.1) is 0 Å². The van der Waals surface area contributed by atoms with Crippen LogP contribution in [0.3, 0.4) is 0 Å². The first-order valence-corrected chi connectivity index (χ1v) is 10.8. The van der Waals surface area contributed by atoms with E-state index in [-0.39, 0.29) is 23.4 Å². The molecule has 1 aliphatic rings. The van der Waals surface area contributed by atoms with Crippen LogP contribution in [0.15, 0.2) is 45.7 Å². The second-order valence-corrected chi connectivity index (χ2v) is 8.54. The topological polar surface area (TPSA) is 70.8 Å². The Morgan fingerprint density at radius 2 is 1.93 bits per heavy atom. The molecule has 1 atom stereocenters. The highest BCUT2D eigenvalue weighted by molar-refractivity contribution is 7.98. The summed E-state index contributed by atoms with van der Waals surface area (Å²) in [6, 6.07) is 10.8. The minimum absolute atomic E-state index is 0.0753. The molecular weight excluding hydrogens is 386 g/mol. The van der Waals surface area contributed by atoms with Gasteiger partial charge in [0.2, 0.25) is 0 Å². The molecule has 3 rings (SSSR count). The van der Waals surface area contributed by atoms with Crippen LogP contribution in [0.1, 0.15) is 53.4 Å². The van der Waals surface area contributed by atoms with E-state index in [1.54, 1.807) is 42.6 Å². The summed E-state index contributed by atoms with van der Waals surface area (Å²) in [4.78, 5) is 28.5. The fourth-order valence-corrected chi connectivity index (χ4v) is 3.67. The number of thioether (sulfide) groups is 1. The van der Waals surface area contributed by atoms with Crippen LogP contribution in [0.5, 0.6) is 0 Å². The summed E-state index contributed by atoms with van der Waals surface area (Å²) in [5.41, 5.74) is -0.449. The van der Waals surface area contributed by atoms with Crippen LogP contribution in [-0.4, -0.2) is 46.6 Å². The van der Waals surface area contributed by atoms with Gasteiger partial charge in [-0.2, -0.15) is 0 Å². The van der Waals surface area contributed by atoms with Gasteiger partial charge >= 0.3 is 0 Å². The maximum absolute atomic E-state index is 12.9. The molecule has 1 amide bonds. The molecule has 1 aromatic carbocycles. The van der Waals surface area contributed by atoms with Gasteiger partial charge < -0.3 is 14.4 Å². The van der Waals surface area contributed by atoms with E-state index in [2.05, 4.69) is 11.8 Å². The van der Waals surface area contributed by atoms with Crippen LogP contribution in [-0.2, 0) is 0 Å². The third-order valence-electron chi connectivity index (χ3n) is 4.76. The zero-order valence-corrected chi connectivity index (χ0v) is 17.7. The molecule has 1 unspecified atom stereocenters. The number of rotatable bonds is 4. The molecule has 5 nitrogen and oxygen atoms in total. The van der Waals surface area contributed by atoms with Crippen molar-refractivity contribution < 1.29 is 19.1 Å². The normalized spacial score (nSPS) is 16.8. The number of aliphatic hydroxyl groups is 1. The fourth-order valence-electron chi connectivity index (χ4n) is 3.26. The molecule has 0 saturated carbocycles. The van der Waals surface area contributed by atoms with Crippen molar-refractivity contribution in [3.05, 3.63) is 53.5 Å². The first kappa shape index (κ1) is 21.2. The zero-order valence-electron chi connectivity index (χ0n) is 16.9. The van der Waals surface area contributed by atoms with Crippen LogP contribution in [0.4, 0.5) is 0 Å². The highest BCUT2D eigenvalue weighted by Crippen LogP contribution is 2.24. The number of amides is 1. The predicted octanol–water partition coefficient (Wildman–Crippen LogP) is 3.86. The molecule has 6 heteroatoms. The summed E-state index contributed by atoms with van der Waals surface area (Å²) >= 11 is 1.64. The third kappa shape index (κ3) is 5.53. The van der Waals surface area contributed by atoms with E-state index < -0.39 is 5.60 Å². The van der Waals surface area contributed by atoms with Crippen molar-refractivity contribution in [1.29, 1.82) is 0 Å². The number of nitrogens with zero attached hydrogens (tertiary/aromatic N) is 1. The average Bonchev–Trinajstić information content (AvgIpc) is 3.20. The van der Waals surface area contributed by atoms with Crippen molar-refractivity contribution in [2.24, 2.45) is 5.92 Å². The molecule has 2 aromatic rings. The van der Waals surface area contributed by atoms with E-state index in [1.807, 2.05) is 30.5 Å². The Hall–Kier alpha value is -2.49. The molecule has 1 N–H and O–H groups in total. The van der Waals surface area contributed by atoms with Crippen LogP contribution >= 0.6 is 11.8 Å². The lowest BCUT2D eigenvalue weighted by molar-refractivity contribution is 0.0610. The summed E-state index contributed by atoms with van der Waals surface area (Å²) in [6.45, 7) is 4.13. The Kier molecular flexibility index (Phi) is 6.51. The van der Waals surface area contributed by atoms with Gasteiger partial charge in [0.15, 0.2) is 17.3 Å². The van der Waals surface area contributed by atoms with Crippen molar-refractivity contribution in [2.45, 2.75) is 37.2 Å². The number of carbonyl (C=O) groups excluding carboxylic acids is 2. The van der Waals surface area contributed by atoms with E-state index in [9.17, 15) is 14.7 Å². The second-order valence-electron chi connectivity index (χ2n) is 7.66. The Bertz CT molecular complexity index is 944. The summed E-state index contributed by atoms with van der Waals surface area (Å²) in [6.07, 6.45) is 3.54. The number of Topliss-reactive ketones (excluding diaryl/α,β-unsaturated/α-hetero) is 1. The van der Waals surface area contributed by atoms with Gasteiger partial charge in [0, 0.05) is 29.5 Å². The molecule has 152 valence electrons. The number of piperidine rings is 1. The van der Waals surface area contributed by atoms with Gasteiger partial charge in [-0.25, -0.2) is 0 Å². The van der Waals surface area contributed by atoms with Gasteiger partial charge in [0.1, 0.15) is 5.60 Å². The number of benzene rings is 1. The molecular formula is C23H25NO4S. The van der Waals surface area contributed by atoms with Gasteiger partial charge in [-0.05, 0) is 63.1 Å². The average molecular weight is 412 g/mol. The summed E-state index contributed by atoms with van der Waals surface area (Å²) in [5, 5.41) is 9.68. The lowest BCUT2D eigenvalue weighted by Gasteiger charge is -2.31. The third-order valence-corrected chi connectivity index (χ3v) is 5.51. The van der Waals surface area contributed by atoms with Crippen molar-refractivity contribution in [3.63, 3.8) is 0 Å².